The van der Waals surface area contributed by atoms with Crippen molar-refractivity contribution in [1.82, 2.24) is 0 Å². The number of rotatable bonds is 4. The van der Waals surface area contributed by atoms with Crippen LogP contribution in [0.1, 0.15) is 5.56 Å². The number of hydrogen-bond donors (Lipinski definition) is 2. The molecule has 2 aromatic rings. The quantitative estimate of drug-likeness (QED) is 0.830. The molecule has 0 radical (unpaired) electrons. The van der Waals surface area contributed by atoms with E-state index < -0.39 is 10.0 Å². The lowest BCUT2D eigenvalue weighted by molar-refractivity contribution is 0.600. The first kappa shape index (κ1) is 12.4. The van der Waals surface area contributed by atoms with Crippen LogP contribution in [-0.2, 0) is 15.8 Å². The van der Waals surface area contributed by atoms with Gasteiger partial charge in [0, 0.05) is 11.4 Å². The summed E-state index contributed by atoms with van der Waals surface area (Å²) in [5, 5.41) is 0. The van der Waals surface area contributed by atoms with Crippen molar-refractivity contribution < 1.29 is 8.42 Å². The number of anilines is 2. The van der Waals surface area contributed by atoms with Crippen LogP contribution in [0.5, 0.6) is 0 Å². The molecule has 0 saturated carbocycles. The van der Waals surface area contributed by atoms with Crippen LogP contribution in [0.4, 0.5) is 11.4 Å². The molecule has 0 aliphatic carbocycles. The van der Waals surface area contributed by atoms with E-state index in [1.807, 2.05) is 6.07 Å². The summed E-state index contributed by atoms with van der Waals surface area (Å²) < 4.78 is 26.4. The Balaban J connectivity index is 2.13. The molecule has 2 aromatic carbocycles. The molecule has 18 heavy (non-hydrogen) atoms. The Labute approximate surface area is 107 Å². The maximum atomic E-state index is 11.9. The molecule has 0 spiro atoms. The van der Waals surface area contributed by atoms with E-state index in [4.69, 9.17) is 5.73 Å². The molecule has 0 aliphatic rings. The summed E-state index contributed by atoms with van der Waals surface area (Å²) in [5.41, 5.74) is 7.39. The average molecular weight is 262 g/mol. The van der Waals surface area contributed by atoms with Crippen molar-refractivity contribution in [2.45, 2.75) is 5.75 Å². The topological polar surface area (TPSA) is 72.2 Å². The third kappa shape index (κ3) is 3.49. The third-order valence-electron chi connectivity index (χ3n) is 2.35. The van der Waals surface area contributed by atoms with E-state index in [9.17, 15) is 8.42 Å². The standard InChI is InChI=1S/C13H14N2O2S/c14-12-6-4-5-11(9-12)10-18(16,17)15-13-7-2-1-3-8-13/h1-9,15H,10,14H2. The molecule has 0 aliphatic heterocycles. The molecular weight excluding hydrogens is 248 g/mol. The van der Waals surface area contributed by atoms with E-state index in [0.717, 1.165) is 0 Å². The fourth-order valence-corrected chi connectivity index (χ4v) is 2.81. The van der Waals surface area contributed by atoms with Crippen LogP contribution in [-0.4, -0.2) is 8.42 Å². The van der Waals surface area contributed by atoms with E-state index in [0.29, 0.717) is 16.9 Å². The molecule has 0 aromatic heterocycles. The molecule has 5 heteroatoms. The number of sulfonamides is 1. The van der Waals surface area contributed by atoms with E-state index in [2.05, 4.69) is 4.72 Å². The summed E-state index contributed by atoms with van der Waals surface area (Å²) in [6.07, 6.45) is 0. The molecule has 0 bridgehead atoms. The van der Waals surface area contributed by atoms with Crippen LogP contribution in [0, 0.1) is 0 Å². The summed E-state index contributed by atoms with van der Waals surface area (Å²) in [6.45, 7) is 0. The molecule has 0 fully saturated rings. The summed E-state index contributed by atoms with van der Waals surface area (Å²) >= 11 is 0. The third-order valence-corrected chi connectivity index (χ3v) is 3.61. The highest BCUT2D eigenvalue weighted by atomic mass is 32.2. The molecule has 0 heterocycles. The van der Waals surface area contributed by atoms with Crippen molar-refractivity contribution in [2.24, 2.45) is 0 Å². The lowest BCUT2D eigenvalue weighted by Gasteiger charge is -2.08. The summed E-state index contributed by atoms with van der Waals surface area (Å²) in [6, 6.07) is 15.6. The Bertz CT molecular complexity index is 624. The van der Waals surface area contributed by atoms with Crippen LogP contribution >= 0.6 is 0 Å². The van der Waals surface area contributed by atoms with Gasteiger partial charge in [-0.05, 0) is 29.8 Å². The van der Waals surface area contributed by atoms with Gasteiger partial charge >= 0.3 is 0 Å². The van der Waals surface area contributed by atoms with Gasteiger partial charge in [-0.2, -0.15) is 0 Å². The summed E-state index contributed by atoms with van der Waals surface area (Å²) in [4.78, 5) is 0. The number of para-hydroxylation sites is 1. The smallest absolute Gasteiger partial charge is 0.236 e. The van der Waals surface area contributed by atoms with E-state index >= 15 is 0 Å². The molecule has 0 unspecified atom stereocenters. The Morgan fingerprint density at radius 1 is 1.00 bits per heavy atom. The van der Waals surface area contributed by atoms with Crippen LogP contribution in [0.15, 0.2) is 54.6 Å². The van der Waals surface area contributed by atoms with E-state index in [1.54, 1.807) is 48.5 Å². The first-order valence-corrected chi connectivity index (χ1v) is 7.10. The first-order valence-electron chi connectivity index (χ1n) is 5.45. The fourth-order valence-electron chi connectivity index (χ4n) is 1.62. The van der Waals surface area contributed by atoms with Gasteiger partial charge in [-0.25, -0.2) is 8.42 Å². The Hall–Kier alpha value is -2.01. The van der Waals surface area contributed by atoms with Crippen molar-refractivity contribution >= 4 is 21.4 Å². The van der Waals surface area contributed by atoms with Gasteiger partial charge in [-0.3, -0.25) is 4.72 Å². The van der Waals surface area contributed by atoms with Crippen LogP contribution in [0.2, 0.25) is 0 Å². The minimum Gasteiger partial charge on any atom is -0.399 e. The van der Waals surface area contributed by atoms with Gasteiger partial charge in [-0.1, -0.05) is 30.3 Å². The van der Waals surface area contributed by atoms with Gasteiger partial charge in [0.05, 0.1) is 5.75 Å². The normalized spacial score (nSPS) is 11.1. The molecule has 3 N–H and O–H groups in total. The molecule has 2 rings (SSSR count). The molecule has 0 saturated heterocycles. The molecule has 4 nitrogen and oxygen atoms in total. The Kier molecular flexibility index (Phi) is 3.53. The largest absolute Gasteiger partial charge is 0.399 e. The van der Waals surface area contributed by atoms with E-state index in [1.165, 1.54) is 0 Å². The number of hydrogen-bond acceptors (Lipinski definition) is 3. The van der Waals surface area contributed by atoms with Gasteiger partial charge in [0.25, 0.3) is 0 Å². The van der Waals surface area contributed by atoms with Crippen molar-refractivity contribution in [3.63, 3.8) is 0 Å². The van der Waals surface area contributed by atoms with Crippen molar-refractivity contribution in [1.29, 1.82) is 0 Å². The lowest BCUT2D eigenvalue weighted by Crippen LogP contribution is -2.15. The number of benzene rings is 2. The van der Waals surface area contributed by atoms with Crippen LogP contribution in [0.25, 0.3) is 0 Å². The highest BCUT2D eigenvalue weighted by Gasteiger charge is 2.11. The van der Waals surface area contributed by atoms with Gasteiger partial charge in [0.2, 0.25) is 10.0 Å². The Morgan fingerprint density at radius 2 is 1.72 bits per heavy atom. The molecule has 94 valence electrons. The SMILES string of the molecule is Nc1cccc(CS(=O)(=O)Nc2ccccc2)c1. The number of nitrogen functional groups attached to an aromatic ring is 1. The maximum absolute atomic E-state index is 11.9. The second kappa shape index (κ2) is 5.10. The molecule has 0 amide bonds. The van der Waals surface area contributed by atoms with Gasteiger partial charge < -0.3 is 5.73 Å². The first-order chi connectivity index (χ1) is 8.55. The average Bonchev–Trinajstić information content (AvgIpc) is 2.28. The van der Waals surface area contributed by atoms with Crippen molar-refractivity contribution in [2.75, 3.05) is 10.5 Å². The zero-order valence-electron chi connectivity index (χ0n) is 9.71. The van der Waals surface area contributed by atoms with Gasteiger partial charge in [0.1, 0.15) is 0 Å². The van der Waals surface area contributed by atoms with Crippen LogP contribution in [0.3, 0.4) is 0 Å². The van der Waals surface area contributed by atoms with Crippen molar-refractivity contribution in [3.8, 4) is 0 Å². The minimum absolute atomic E-state index is 0.0903. The minimum atomic E-state index is -3.41. The zero-order valence-corrected chi connectivity index (χ0v) is 10.5. The molecule has 0 atom stereocenters. The lowest BCUT2D eigenvalue weighted by atomic mass is 10.2. The van der Waals surface area contributed by atoms with Crippen LogP contribution < -0.4 is 10.5 Å². The zero-order chi connectivity index (χ0) is 13.0. The van der Waals surface area contributed by atoms with E-state index in [-0.39, 0.29) is 5.75 Å². The number of nitrogens with one attached hydrogen (secondary N) is 1. The highest BCUT2D eigenvalue weighted by Crippen LogP contribution is 2.13. The fraction of sp³-hybridized carbons (Fsp3) is 0.0769. The van der Waals surface area contributed by atoms with Gasteiger partial charge in [0.15, 0.2) is 0 Å². The summed E-state index contributed by atoms with van der Waals surface area (Å²) in [5.74, 6) is -0.0903. The maximum Gasteiger partial charge on any atom is 0.236 e. The number of nitrogens with two attached hydrogens (primary N) is 1. The predicted octanol–water partition coefficient (Wildman–Crippen LogP) is 2.21. The monoisotopic (exact) mass is 262 g/mol. The second-order valence-corrected chi connectivity index (χ2v) is 5.69. The highest BCUT2D eigenvalue weighted by molar-refractivity contribution is 7.91. The second-order valence-electron chi connectivity index (χ2n) is 3.97. The Morgan fingerprint density at radius 3 is 2.39 bits per heavy atom. The molecular formula is C13H14N2O2S. The van der Waals surface area contributed by atoms with Gasteiger partial charge in [-0.15, -0.1) is 0 Å². The predicted molar refractivity (Wildman–Crippen MR) is 73.5 cm³/mol. The summed E-state index contributed by atoms with van der Waals surface area (Å²) in [7, 11) is -3.41. The van der Waals surface area contributed by atoms with Crippen molar-refractivity contribution in [3.05, 3.63) is 60.2 Å².